The number of hydrogen-bond donors (Lipinski definition) is 1. The van der Waals surface area contributed by atoms with Crippen LogP contribution in [-0.2, 0) is 6.42 Å². The lowest BCUT2D eigenvalue weighted by atomic mass is 9.97. The van der Waals surface area contributed by atoms with E-state index in [9.17, 15) is 0 Å². The number of pyridine rings is 1. The van der Waals surface area contributed by atoms with E-state index in [0.29, 0.717) is 4.75 Å². The van der Waals surface area contributed by atoms with E-state index in [4.69, 9.17) is 4.74 Å². The second-order valence-corrected chi connectivity index (χ2v) is 5.92. The molecule has 0 spiro atoms. The average Bonchev–Trinajstić information content (AvgIpc) is 2.77. The van der Waals surface area contributed by atoms with Crippen LogP contribution in [-0.4, -0.2) is 36.2 Å². The summed E-state index contributed by atoms with van der Waals surface area (Å²) in [6.45, 7) is 4.24. The van der Waals surface area contributed by atoms with Gasteiger partial charge in [0, 0.05) is 23.1 Å². The van der Waals surface area contributed by atoms with Crippen molar-refractivity contribution in [3.8, 4) is 5.88 Å². The van der Waals surface area contributed by atoms with Crippen LogP contribution in [0.3, 0.4) is 0 Å². The maximum atomic E-state index is 5.23. The molecule has 0 saturated carbocycles. The largest absolute Gasteiger partial charge is 0.481 e. The molecule has 1 aromatic heterocycles. The van der Waals surface area contributed by atoms with Crippen molar-refractivity contribution in [3.05, 3.63) is 23.4 Å². The highest BCUT2D eigenvalue weighted by atomic mass is 32.2. The van der Waals surface area contributed by atoms with Gasteiger partial charge in [-0.05, 0) is 44.2 Å². The highest BCUT2D eigenvalue weighted by molar-refractivity contribution is 8.00. The Labute approximate surface area is 107 Å². The van der Waals surface area contributed by atoms with Gasteiger partial charge in [-0.15, -0.1) is 0 Å². The predicted octanol–water partition coefficient (Wildman–Crippen LogP) is 2.04. The molecular formula is C13H20N2OS. The Hall–Kier alpha value is -0.740. The fraction of sp³-hybridized carbons (Fsp3) is 0.615. The van der Waals surface area contributed by atoms with Gasteiger partial charge >= 0.3 is 0 Å². The molecule has 1 saturated heterocycles. The molecular weight excluding hydrogens is 232 g/mol. The van der Waals surface area contributed by atoms with Gasteiger partial charge in [-0.25, -0.2) is 4.98 Å². The first-order valence-electron chi connectivity index (χ1n) is 5.95. The molecule has 1 aliphatic rings. The third-order valence-corrected chi connectivity index (χ3v) is 4.72. The Morgan fingerprint density at radius 2 is 2.35 bits per heavy atom. The number of nitrogens with one attached hydrogen (secondary N) is 1. The lowest BCUT2D eigenvalue weighted by Crippen LogP contribution is -2.30. The van der Waals surface area contributed by atoms with Crippen LogP contribution >= 0.6 is 11.8 Å². The van der Waals surface area contributed by atoms with E-state index in [1.807, 2.05) is 18.7 Å². The Morgan fingerprint density at radius 3 is 2.94 bits per heavy atom. The second-order valence-electron chi connectivity index (χ2n) is 4.65. The minimum Gasteiger partial charge on any atom is -0.481 e. The molecule has 4 heteroatoms. The Kier molecular flexibility index (Phi) is 3.94. The summed E-state index contributed by atoms with van der Waals surface area (Å²) in [5, 5.41) is 3.46. The van der Waals surface area contributed by atoms with Crippen molar-refractivity contribution >= 4 is 11.8 Å². The summed E-state index contributed by atoms with van der Waals surface area (Å²) >= 11 is 1.97. The molecule has 3 nitrogen and oxygen atoms in total. The standard InChI is InChI=1S/C13H20N2OS/c1-10-6-11(7-12(15-10)16-2)8-13(17-3)4-5-14-9-13/h6-7,14H,4-5,8-9H2,1-3H3/t13-/m0/s1. The molecule has 0 bridgehead atoms. The first-order valence-corrected chi connectivity index (χ1v) is 7.17. The van der Waals surface area contributed by atoms with Crippen molar-refractivity contribution in [2.24, 2.45) is 0 Å². The van der Waals surface area contributed by atoms with Crippen molar-refractivity contribution in [1.82, 2.24) is 10.3 Å². The number of hydrogen-bond acceptors (Lipinski definition) is 4. The van der Waals surface area contributed by atoms with Gasteiger partial charge in [0.2, 0.25) is 5.88 Å². The van der Waals surface area contributed by atoms with Crippen LogP contribution in [0.25, 0.3) is 0 Å². The van der Waals surface area contributed by atoms with E-state index < -0.39 is 0 Å². The summed E-state index contributed by atoms with van der Waals surface area (Å²) in [5.74, 6) is 0.724. The third kappa shape index (κ3) is 2.93. The quantitative estimate of drug-likeness (QED) is 0.889. The normalized spacial score (nSPS) is 23.9. The molecule has 1 fully saturated rings. The van der Waals surface area contributed by atoms with Crippen LogP contribution in [0.1, 0.15) is 17.7 Å². The molecule has 0 aromatic carbocycles. The fourth-order valence-corrected chi connectivity index (χ4v) is 3.27. The molecule has 1 N–H and O–H groups in total. The number of thioether (sulfide) groups is 1. The second kappa shape index (κ2) is 5.27. The number of aromatic nitrogens is 1. The van der Waals surface area contributed by atoms with Crippen LogP contribution in [0.2, 0.25) is 0 Å². The van der Waals surface area contributed by atoms with Crippen LogP contribution in [0.15, 0.2) is 12.1 Å². The smallest absolute Gasteiger partial charge is 0.213 e. The van der Waals surface area contributed by atoms with Gasteiger partial charge in [0.05, 0.1) is 7.11 Å². The molecule has 0 radical (unpaired) electrons. The Bertz CT molecular complexity index is 389. The summed E-state index contributed by atoms with van der Waals surface area (Å²) in [4.78, 5) is 4.33. The summed E-state index contributed by atoms with van der Waals surface area (Å²) in [5.41, 5.74) is 2.36. The molecule has 1 aliphatic heterocycles. The summed E-state index contributed by atoms with van der Waals surface area (Å²) in [6, 6.07) is 4.22. The first kappa shape index (κ1) is 12.7. The van der Waals surface area contributed by atoms with Gasteiger partial charge in [0.25, 0.3) is 0 Å². The molecule has 0 unspecified atom stereocenters. The van der Waals surface area contributed by atoms with Gasteiger partial charge in [-0.1, -0.05) is 0 Å². The first-order chi connectivity index (χ1) is 8.17. The number of nitrogens with zero attached hydrogens (tertiary/aromatic N) is 1. The van der Waals surface area contributed by atoms with Gasteiger partial charge in [-0.3, -0.25) is 0 Å². The van der Waals surface area contributed by atoms with Crippen LogP contribution in [0, 0.1) is 6.92 Å². The summed E-state index contributed by atoms with van der Waals surface area (Å²) in [6.07, 6.45) is 4.52. The molecule has 94 valence electrons. The number of methoxy groups -OCH3 is 1. The SMILES string of the molecule is COc1cc(C[C@@]2(SC)CCNC2)cc(C)n1. The van der Waals surface area contributed by atoms with E-state index in [2.05, 4.69) is 28.7 Å². The molecule has 1 atom stereocenters. The van der Waals surface area contributed by atoms with Crippen molar-refractivity contribution in [3.63, 3.8) is 0 Å². The molecule has 0 amide bonds. The minimum absolute atomic E-state index is 0.346. The number of rotatable bonds is 4. The molecule has 17 heavy (non-hydrogen) atoms. The van der Waals surface area contributed by atoms with E-state index in [1.165, 1.54) is 12.0 Å². The lowest BCUT2D eigenvalue weighted by molar-refractivity contribution is 0.396. The van der Waals surface area contributed by atoms with Gasteiger partial charge in [0.1, 0.15) is 0 Å². The molecule has 2 heterocycles. The average molecular weight is 252 g/mol. The van der Waals surface area contributed by atoms with Gasteiger partial charge in [-0.2, -0.15) is 11.8 Å². The zero-order chi connectivity index (χ0) is 12.3. The fourth-order valence-electron chi connectivity index (χ4n) is 2.40. The zero-order valence-electron chi connectivity index (χ0n) is 10.7. The topological polar surface area (TPSA) is 34.1 Å². The minimum atomic E-state index is 0.346. The zero-order valence-corrected chi connectivity index (χ0v) is 11.6. The van der Waals surface area contributed by atoms with Crippen LogP contribution in [0.5, 0.6) is 5.88 Å². The van der Waals surface area contributed by atoms with E-state index in [1.54, 1.807) is 7.11 Å². The summed E-state index contributed by atoms with van der Waals surface area (Å²) < 4.78 is 5.58. The van der Waals surface area contributed by atoms with E-state index in [0.717, 1.165) is 31.1 Å². The third-order valence-electron chi connectivity index (χ3n) is 3.36. The van der Waals surface area contributed by atoms with Crippen molar-refractivity contribution < 1.29 is 4.74 Å². The maximum absolute atomic E-state index is 5.23. The van der Waals surface area contributed by atoms with Gasteiger partial charge in [0.15, 0.2) is 0 Å². The van der Waals surface area contributed by atoms with Crippen LogP contribution < -0.4 is 10.1 Å². The molecule has 0 aliphatic carbocycles. The van der Waals surface area contributed by atoms with E-state index >= 15 is 0 Å². The Morgan fingerprint density at radius 1 is 1.53 bits per heavy atom. The number of ether oxygens (including phenoxy) is 1. The predicted molar refractivity (Wildman–Crippen MR) is 73.0 cm³/mol. The van der Waals surface area contributed by atoms with E-state index in [-0.39, 0.29) is 0 Å². The monoisotopic (exact) mass is 252 g/mol. The molecule has 2 rings (SSSR count). The Balaban J connectivity index is 2.19. The van der Waals surface area contributed by atoms with Crippen LogP contribution in [0.4, 0.5) is 0 Å². The van der Waals surface area contributed by atoms with Crippen molar-refractivity contribution in [1.29, 1.82) is 0 Å². The highest BCUT2D eigenvalue weighted by Gasteiger charge is 2.33. The van der Waals surface area contributed by atoms with Crippen molar-refractivity contribution in [2.45, 2.75) is 24.5 Å². The maximum Gasteiger partial charge on any atom is 0.213 e. The highest BCUT2D eigenvalue weighted by Crippen LogP contribution is 2.33. The molecule has 1 aromatic rings. The van der Waals surface area contributed by atoms with Gasteiger partial charge < -0.3 is 10.1 Å². The van der Waals surface area contributed by atoms with Crippen molar-refractivity contribution in [2.75, 3.05) is 26.5 Å². The number of aryl methyl sites for hydroxylation is 1. The lowest BCUT2D eigenvalue weighted by Gasteiger charge is -2.26. The summed E-state index contributed by atoms with van der Waals surface area (Å²) in [7, 11) is 1.67.